The Morgan fingerprint density at radius 1 is 1.37 bits per heavy atom. The summed E-state index contributed by atoms with van der Waals surface area (Å²) in [4.78, 5) is 11.3. The third-order valence-electron chi connectivity index (χ3n) is 3.79. The molecule has 0 saturated carbocycles. The van der Waals surface area contributed by atoms with Gasteiger partial charge in [0.25, 0.3) is 5.92 Å². The van der Waals surface area contributed by atoms with Gasteiger partial charge in [0.1, 0.15) is 0 Å². The van der Waals surface area contributed by atoms with Gasteiger partial charge in [-0.2, -0.15) is 0 Å². The number of benzene rings is 1. The lowest BCUT2D eigenvalue weighted by Crippen LogP contribution is -2.22. The Bertz CT molecular complexity index is 631. The largest absolute Gasteiger partial charge is 0.295 e. The maximum absolute atomic E-state index is 14.5. The third kappa shape index (κ3) is 1.81. The van der Waals surface area contributed by atoms with Crippen LogP contribution in [0.2, 0.25) is 0 Å². The molecular formula is C15H11BrF2O. The van der Waals surface area contributed by atoms with Crippen LogP contribution in [-0.2, 0) is 5.92 Å². The van der Waals surface area contributed by atoms with Crippen molar-refractivity contribution in [2.45, 2.75) is 18.8 Å². The first-order chi connectivity index (χ1) is 8.91. The Labute approximate surface area is 118 Å². The van der Waals surface area contributed by atoms with Crippen molar-refractivity contribution in [1.29, 1.82) is 0 Å². The first kappa shape index (κ1) is 12.7. The Balaban J connectivity index is 2.18. The number of Topliss-reactive ketones (excluding diaryl/α,β-unsaturated/α-hetero) is 1. The van der Waals surface area contributed by atoms with E-state index in [1.807, 2.05) is 0 Å². The van der Waals surface area contributed by atoms with Crippen LogP contribution in [0.1, 0.15) is 34.3 Å². The minimum atomic E-state index is -2.94. The maximum atomic E-state index is 14.5. The molecule has 0 bridgehead atoms. The zero-order valence-electron chi connectivity index (χ0n) is 10.2. The van der Waals surface area contributed by atoms with Gasteiger partial charge in [0, 0.05) is 21.5 Å². The van der Waals surface area contributed by atoms with E-state index in [1.165, 1.54) is 13.0 Å². The van der Waals surface area contributed by atoms with E-state index in [0.29, 0.717) is 15.6 Å². The SMILES string of the molecule is CC(=O)c1ccc2c(c1)C(F)(F)C1C=C(Br)C=CC21. The van der Waals surface area contributed by atoms with Crippen molar-refractivity contribution in [3.8, 4) is 0 Å². The Hall–Kier alpha value is -1.29. The molecule has 1 nitrogen and oxygen atoms in total. The molecule has 0 saturated heterocycles. The molecule has 1 aromatic rings. The van der Waals surface area contributed by atoms with Crippen LogP contribution in [0.4, 0.5) is 8.78 Å². The number of allylic oxidation sites excluding steroid dienone is 4. The second kappa shape index (κ2) is 4.10. The molecule has 0 amide bonds. The molecule has 4 heteroatoms. The number of ketones is 1. The summed E-state index contributed by atoms with van der Waals surface area (Å²) in [5.74, 6) is -4.31. The van der Waals surface area contributed by atoms with Gasteiger partial charge in [0.2, 0.25) is 0 Å². The van der Waals surface area contributed by atoms with Gasteiger partial charge in [-0.3, -0.25) is 4.79 Å². The minimum absolute atomic E-state index is 0.0155. The fourth-order valence-electron chi connectivity index (χ4n) is 2.81. The van der Waals surface area contributed by atoms with Gasteiger partial charge >= 0.3 is 0 Å². The van der Waals surface area contributed by atoms with E-state index in [4.69, 9.17) is 0 Å². The lowest BCUT2D eigenvalue weighted by molar-refractivity contribution is -0.0381. The normalized spacial score (nSPS) is 26.6. The molecule has 0 fully saturated rings. The number of hydrogen-bond acceptors (Lipinski definition) is 1. The lowest BCUT2D eigenvalue weighted by atomic mass is 9.88. The van der Waals surface area contributed by atoms with Crippen LogP contribution >= 0.6 is 15.9 Å². The first-order valence-electron chi connectivity index (χ1n) is 6.00. The average Bonchev–Trinajstić information content (AvgIpc) is 2.58. The summed E-state index contributed by atoms with van der Waals surface area (Å²) in [6.45, 7) is 1.39. The van der Waals surface area contributed by atoms with Crippen LogP contribution in [0.15, 0.2) is 40.9 Å². The minimum Gasteiger partial charge on any atom is -0.295 e. The van der Waals surface area contributed by atoms with Crippen molar-refractivity contribution in [1.82, 2.24) is 0 Å². The van der Waals surface area contributed by atoms with Crippen LogP contribution in [0.25, 0.3) is 0 Å². The molecule has 0 radical (unpaired) electrons. The highest BCUT2D eigenvalue weighted by molar-refractivity contribution is 9.11. The average molecular weight is 325 g/mol. The van der Waals surface area contributed by atoms with Gasteiger partial charge in [-0.15, -0.1) is 0 Å². The first-order valence-corrected chi connectivity index (χ1v) is 6.79. The van der Waals surface area contributed by atoms with Crippen LogP contribution in [0.3, 0.4) is 0 Å². The summed E-state index contributed by atoms with van der Waals surface area (Å²) < 4.78 is 29.6. The predicted molar refractivity (Wildman–Crippen MR) is 72.7 cm³/mol. The molecule has 0 aliphatic heterocycles. The molecule has 0 N–H and O–H groups in total. The zero-order chi connectivity index (χ0) is 13.8. The second-order valence-electron chi connectivity index (χ2n) is 4.94. The summed E-state index contributed by atoms with van der Waals surface area (Å²) in [5, 5.41) is 0. The van der Waals surface area contributed by atoms with Crippen molar-refractivity contribution in [2.75, 3.05) is 0 Å². The summed E-state index contributed by atoms with van der Waals surface area (Å²) >= 11 is 3.25. The molecule has 2 aliphatic carbocycles. The maximum Gasteiger partial charge on any atom is 0.280 e. The molecule has 0 aromatic heterocycles. The summed E-state index contributed by atoms with van der Waals surface area (Å²) in [6.07, 6.45) is 5.14. The number of fused-ring (bicyclic) bond motifs is 3. The van der Waals surface area contributed by atoms with Crippen molar-refractivity contribution in [3.63, 3.8) is 0 Å². The molecule has 0 heterocycles. The van der Waals surface area contributed by atoms with Gasteiger partial charge in [-0.05, 0) is 18.6 Å². The monoisotopic (exact) mass is 324 g/mol. The number of halogens is 3. The molecule has 2 aliphatic rings. The van der Waals surface area contributed by atoms with Gasteiger partial charge in [-0.1, -0.05) is 46.3 Å². The molecule has 19 heavy (non-hydrogen) atoms. The van der Waals surface area contributed by atoms with Crippen LogP contribution in [0.5, 0.6) is 0 Å². The topological polar surface area (TPSA) is 17.1 Å². The number of rotatable bonds is 1. The fraction of sp³-hybridized carbons (Fsp3) is 0.267. The van der Waals surface area contributed by atoms with E-state index >= 15 is 0 Å². The van der Waals surface area contributed by atoms with Crippen molar-refractivity contribution >= 4 is 21.7 Å². The second-order valence-corrected chi connectivity index (χ2v) is 5.86. The highest BCUT2D eigenvalue weighted by Gasteiger charge is 2.53. The van der Waals surface area contributed by atoms with E-state index in [2.05, 4.69) is 15.9 Å². The van der Waals surface area contributed by atoms with E-state index in [0.717, 1.165) is 0 Å². The van der Waals surface area contributed by atoms with Crippen LogP contribution in [0, 0.1) is 5.92 Å². The van der Waals surface area contributed by atoms with Crippen LogP contribution < -0.4 is 0 Å². The molecule has 2 atom stereocenters. The summed E-state index contributed by atoms with van der Waals surface area (Å²) in [6, 6.07) is 4.62. The third-order valence-corrected chi connectivity index (χ3v) is 4.31. The quantitative estimate of drug-likeness (QED) is 0.693. The van der Waals surface area contributed by atoms with Crippen molar-refractivity contribution in [2.24, 2.45) is 5.92 Å². The number of carbonyl (C=O) groups excluding carboxylic acids is 1. The van der Waals surface area contributed by atoms with E-state index < -0.39 is 11.8 Å². The predicted octanol–water partition coefficient (Wildman–Crippen LogP) is 4.54. The number of hydrogen-bond donors (Lipinski definition) is 0. The van der Waals surface area contributed by atoms with Crippen LogP contribution in [-0.4, -0.2) is 5.78 Å². The number of alkyl halides is 2. The fourth-order valence-corrected chi connectivity index (χ4v) is 3.24. The molecule has 1 aromatic carbocycles. The summed E-state index contributed by atoms with van der Waals surface area (Å²) in [5.41, 5.74) is 0.940. The van der Waals surface area contributed by atoms with E-state index in [9.17, 15) is 13.6 Å². The molecule has 0 spiro atoms. The van der Waals surface area contributed by atoms with Gasteiger partial charge in [0.15, 0.2) is 5.78 Å². The van der Waals surface area contributed by atoms with Crippen molar-refractivity contribution in [3.05, 3.63) is 57.6 Å². The highest BCUT2D eigenvalue weighted by atomic mass is 79.9. The van der Waals surface area contributed by atoms with Gasteiger partial charge in [0.05, 0.1) is 5.92 Å². The summed E-state index contributed by atoms with van der Waals surface area (Å²) in [7, 11) is 0. The van der Waals surface area contributed by atoms with E-state index in [-0.39, 0.29) is 17.3 Å². The Morgan fingerprint density at radius 2 is 2.11 bits per heavy atom. The van der Waals surface area contributed by atoms with Gasteiger partial charge in [-0.25, -0.2) is 8.78 Å². The van der Waals surface area contributed by atoms with Gasteiger partial charge < -0.3 is 0 Å². The smallest absolute Gasteiger partial charge is 0.280 e. The lowest BCUT2D eigenvalue weighted by Gasteiger charge is -2.22. The standard InChI is InChI=1S/C15H11BrF2O/c1-8(19)9-2-4-11-12-5-3-10(16)7-14(12)15(17,18)13(11)6-9/h2-7,12,14H,1H3. The molecule has 3 rings (SSSR count). The Morgan fingerprint density at radius 3 is 2.79 bits per heavy atom. The Kier molecular flexibility index (Phi) is 2.75. The molecule has 98 valence electrons. The van der Waals surface area contributed by atoms with E-state index in [1.54, 1.807) is 30.4 Å². The highest BCUT2D eigenvalue weighted by Crippen LogP contribution is 2.55. The molecule has 2 unspecified atom stereocenters. The number of carbonyl (C=O) groups is 1. The van der Waals surface area contributed by atoms with Crippen molar-refractivity contribution < 1.29 is 13.6 Å². The zero-order valence-corrected chi connectivity index (χ0v) is 11.7. The molecular weight excluding hydrogens is 314 g/mol.